The Morgan fingerprint density at radius 1 is 0.900 bits per heavy atom. The Kier molecular flexibility index (Phi) is 10.4. The fraction of sp³-hybridized carbons (Fsp3) is 0.864. The van der Waals surface area contributed by atoms with Crippen LogP contribution < -0.4 is 10.6 Å². The Morgan fingerprint density at radius 3 is 2.10 bits per heavy atom. The summed E-state index contributed by atoms with van der Waals surface area (Å²) in [5.74, 6) is 1.16. The zero-order valence-corrected chi connectivity index (χ0v) is 19.0. The summed E-state index contributed by atoms with van der Waals surface area (Å²) in [6, 6.07) is 0.176. The summed E-state index contributed by atoms with van der Waals surface area (Å²) in [6.45, 7) is 3.62. The highest BCUT2D eigenvalue weighted by molar-refractivity contribution is 5.85. The molecular weight excluding hydrogens is 406 g/mol. The van der Waals surface area contributed by atoms with Gasteiger partial charge in [-0.1, -0.05) is 0 Å². The Hall–Kier alpha value is -1.34. The van der Waals surface area contributed by atoms with Crippen LogP contribution in [0.5, 0.6) is 0 Å². The van der Waals surface area contributed by atoms with Gasteiger partial charge in [-0.05, 0) is 76.3 Å². The van der Waals surface area contributed by atoms with Gasteiger partial charge < -0.3 is 20.3 Å². The number of nitrogens with zero attached hydrogens (tertiary/aromatic N) is 1. The van der Waals surface area contributed by atoms with Gasteiger partial charge in [-0.2, -0.15) is 0 Å². The molecule has 0 aromatic carbocycles. The molecule has 3 fully saturated rings. The van der Waals surface area contributed by atoms with E-state index < -0.39 is 0 Å². The van der Waals surface area contributed by atoms with Gasteiger partial charge in [-0.25, -0.2) is 0 Å². The minimum absolute atomic E-state index is 0. The average molecular weight is 444 g/mol. The second-order valence-electron chi connectivity index (χ2n) is 9.07. The lowest BCUT2D eigenvalue weighted by Gasteiger charge is -2.34. The molecule has 2 amide bonds. The van der Waals surface area contributed by atoms with Crippen molar-refractivity contribution in [3.05, 3.63) is 0 Å². The van der Waals surface area contributed by atoms with Crippen LogP contribution in [0.4, 0.5) is 0 Å². The third-order valence-corrected chi connectivity index (χ3v) is 6.99. The van der Waals surface area contributed by atoms with Gasteiger partial charge in [0, 0.05) is 32.0 Å². The lowest BCUT2D eigenvalue weighted by molar-refractivity contribution is -0.146. The highest BCUT2D eigenvalue weighted by Gasteiger charge is 2.29. The summed E-state index contributed by atoms with van der Waals surface area (Å²) in [5, 5.41) is 6.50. The zero-order valence-electron chi connectivity index (χ0n) is 18.2. The number of hydrogen-bond donors (Lipinski definition) is 2. The fourth-order valence-electron chi connectivity index (χ4n) is 5.04. The van der Waals surface area contributed by atoms with E-state index in [0.29, 0.717) is 30.6 Å². The molecule has 0 bridgehead atoms. The van der Waals surface area contributed by atoms with Gasteiger partial charge in [0.05, 0.1) is 13.0 Å². The number of piperidine rings is 2. The fourth-order valence-corrected chi connectivity index (χ4v) is 5.04. The zero-order chi connectivity index (χ0) is 20.6. The van der Waals surface area contributed by atoms with Crippen molar-refractivity contribution in [3.63, 3.8) is 0 Å². The molecule has 0 unspecified atom stereocenters. The van der Waals surface area contributed by atoms with E-state index in [9.17, 15) is 14.4 Å². The van der Waals surface area contributed by atoms with Crippen LogP contribution in [-0.2, 0) is 19.1 Å². The predicted octanol–water partition coefficient (Wildman–Crippen LogP) is 2.27. The molecule has 2 heterocycles. The summed E-state index contributed by atoms with van der Waals surface area (Å²) >= 11 is 0. The van der Waals surface area contributed by atoms with Crippen LogP contribution in [0.15, 0.2) is 0 Å². The topological polar surface area (TPSA) is 87.7 Å². The van der Waals surface area contributed by atoms with Crippen LogP contribution >= 0.6 is 12.4 Å². The minimum Gasteiger partial charge on any atom is -0.469 e. The van der Waals surface area contributed by atoms with Crippen molar-refractivity contribution >= 4 is 30.2 Å². The number of carbonyl (C=O) groups excluding carboxylic acids is 3. The Balaban J connectivity index is 0.00000320. The van der Waals surface area contributed by atoms with Crippen molar-refractivity contribution in [2.75, 3.05) is 33.3 Å². The molecule has 2 aliphatic heterocycles. The molecular formula is C22H38ClN3O4. The van der Waals surface area contributed by atoms with Crippen LogP contribution in [-0.4, -0.2) is 62.0 Å². The Labute approximate surface area is 186 Å². The molecule has 30 heavy (non-hydrogen) atoms. The van der Waals surface area contributed by atoms with Gasteiger partial charge in [0.2, 0.25) is 11.8 Å². The molecule has 1 saturated carbocycles. The standard InChI is InChI=1S/C22H37N3O4.ClH/c1-29-22(28)18-2-4-19(5-3-18)24-20(26)14-17-8-12-25(13-9-17)21(27)15-16-6-10-23-11-7-16;/h16-19,23H,2-15H2,1H3,(H,24,26);1H. The van der Waals surface area contributed by atoms with E-state index in [1.54, 1.807) is 0 Å². The second kappa shape index (κ2) is 12.5. The molecule has 2 saturated heterocycles. The molecule has 0 atom stereocenters. The Morgan fingerprint density at radius 2 is 1.50 bits per heavy atom. The summed E-state index contributed by atoms with van der Waals surface area (Å²) in [5.41, 5.74) is 0. The van der Waals surface area contributed by atoms with E-state index in [2.05, 4.69) is 10.6 Å². The van der Waals surface area contributed by atoms with Crippen LogP contribution in [0.1, 0.15) is 64.2 Å². The van der Waals surface area contributed by atoms with E-state index in [1.165, 1.54) is 7.11 Å². The molecule has 172 valence electrons. The maximum atomic E-state index is 12.5. The van der Waals surface area contributed by atoms with Crippen molar-refractivity contribution in [1.29, 1.82) is 0 Å². The second-order valence-corrected chi connectivity index (χ2v) is 9.07. The summed E-state index contributed by atoms with van der Waals surface area (Å²) in [4.78, 5) is 38.6. The smallest absolute Gasteiger partial charge is 0.308 e. The van der Waals surface area contributed by atoms with Crippen LogP contribution in [0, 0.1) is 17.8 Å². The molecule has 0 aromatic heterocycles. The van der Waals surface area contributed by atoms with Gasteiger partial charge in [0.15, 0.2) is 0 Å². The molecule has 0 spiro atoms. The first-order chi connectivity index (χ1) is 14.0. The molecule has 1 aliphatic carbocycles. The number of halogens is 1. The molecule has 0 radical (unpaired) electrons. The van der Waals surface area contributed by atoms with E-state index in [4.69, 9.17) is 4.74 Å². The van der Waals surface area contributed by atoms with E-state index in [1.807, 2.05) is 4.90 Å². The number of methoxy groups -OCH3 is 1. The molecule has 0 aromatic rings. The van der Waals surface area contributed by atoms with Crippen LogP contribution in [0.3, 0.4) is 0 Å². The quantitative estimate of drug-likeness (QED) is 0.615. The normalized spacial score (nSPS) is 25.8. The third-order valence-electron chi connectivity index (χ3n) is 6.99. The number of carbonyl (C=O) groups is 3. The van der Waals surface area contributed by atoms with Gasteiger partial charge >= 0.3 is 5.97 Å². The van der Waals surface area contributed by atoms with Crippen molar-refractivity contribution in [2.45, 2.75) is 70.3 Å². The van der Waals surface area contributed by atoms with Gasteiger partial charge in [0.25, 0.3) is 0 Å². The van der Waals surface area contributed by atoms with Crippen LogP contribution in [0.25, 0.3) is 0 Å². The number of amides is 2. The molecule has 8 heteroatoms. The summed E-state index contributed by atoms with van der Waals surface area (Å²) in [6.07, 6.45) is 8.53. The van der Waals surface area contributed by atoms with E-state index >= 15 is 0 Å². The highest BCUT2D eigenvalue weighted by Crippen LogP contribution is 2.27. The lowest BCUT2D eigenvalue weighted by Crippen LogP contribution is -2.42. The first kappa shape index (κ1) is 24.9. The summed E-state index contributed by atoms with van der Waals surface area (Å²) < 4.78 is 4.82. The number of hydrogen-bond acceptors (Lipinski definition) is 5. The first-order valence-electron chi connectivity index (χ1n) is 11.4. The van der Waals surface area contributed by atoms with Gasteiger partial charge in [-0.3, -0.25) is 14.4 Å². The number of likely N-dealkylation sites (tertiary alicyclic amines) is 1. The number of nitrogens with one attached hydrogen (secondary N) is 2. The van der Waals surface area contributed by atoms with E-state index in [-0.39, 0.29) is 36.2 Å². The van der Waals surface area contributed by atoms with Crippen molar-refractivity contribution in [2.24, 2.45) is 17.8 Å². The number of rotatable bonds is 6. The van der Waals surface area contributed by atoms with Gasteiger partial charge in [-0.15, -0.1) is 12.4 Å². The maximum absolute atomic E-state index is 12.5. The van der Waals surface area contributed by atoms with Crippen molar-refractivity contribution in [1.82, 2.24) is 15.5 Å². The Bertz CT molecular complexity index is 567. The highest BCUT2D eigenvalue weighted by atomic mass is 35.5. The third kappa shape index (κ3) is 7.41. The SMILES string of the molecule is COC(=O)C1CCC(NC(=O)CC2CCN(C(=O)CC3CCNCC3)CC2)CC1.Cl. The maximum Gasteiger partial charge on any atom is 0.308 e. The van der Waals surface area contributed by atoms with E-state index in [0.717, 1.165) is 77.5 Å². The molecule has 7 nitrogen and oxygen atoms in total. The number of ether oxygens (including phenoxy) is 1. The van der Waals surface area contributed by atoms with Crippen LogP contribution in [0.2, 0.25) is 0 Å². The summed E-state index contributed by atoms with van der Waals surface area (Å²) in [7, 11) is 1.43. The largest absolute Gasteiger partial charge is 0.469 e. The van der Waals surface area contributed by atoms with Gasteiger partial charge in [0.1, 0.15) is 0 Å². The lowest BCUT2D eigenvalue weighted by atomic mass is 9.85. The van der Waals surface area contributed by atoms with Crippen molar-refractivity contribution < 1.29 is 19.1 Å². The molecule has 3 aliphatic rings. The van der Waals surface area contributed by atoms with Crippen molar-refractivity contribution in [3.8, 4) is 0 Å². The minimum atomic E-state index is -0.128. The average Bonchev–Trinajstić information content (AvgIpc) is 2.75. The monoisotopic (exact) mass is 443 g/mol. The molecule has 3 rings (SSSR count). The predicted molar refractivity (Wildman–Crippen MR) is 117 cm³/mol. The first-order valence-corrected chi connectivity index (χ1v) is 11.4. The molecule has 2 N–H and O–H groups in total. The number of esters is 1.